The van der Waals surface area contributed by atoms with Crippen LogP contribution < -0.4 is 0 Å². The Balaban J connectivity index is 0.000000147. The summed E-state index contributed by atoms with van der Waals surface area (Å²) in [6.07, 6.45) is 8.45. The quantitative estimate of drug-likeness (QED) is 0.345. The Morgan fingerprint density at radius 3 is 1.97 bits per heavy atom. The van der Waals surface area contributed by atoms with E-state index >= 15 is 0 Å². The van der Waals surface area contributed by atoms with Crippen LogP contribution in [0, 0.1) is 0 Å². The first kappa shape index (κ1) is 24.6. The van der Waals surface area contributed by atoms with Crippen LogP contribution in [0.1, 0.15) is 74.0 Å². The highest BCUT2D eigenvalue weighted by atomic mass is 79.9. The molecule has 170 valence electrons. The van der Waals surface area contributed by atoms with Gasteiger partial charge < -0.3 is 0 Å². The molecule has 0 saturated heterocycles. The van der Waals surface area contributed by atoms with Crippen LogP contribution in [0.5, 0.6) is 0 Å². The Bertz CT molecular complexity index is 1050. The summed E-state index contributed by atoms with van der Waals surface area (Å²) >= 11 is 6.42. The fraction of sp³-hybridized carbons (Fsp3) is 0.478. The zero-order valence-corrected chi connectivity index (χ0v) is 20.7. The molecule has 2 aromatic heterocycles. The molecule has 2 heterocycles. The van der Waals surface area contributed by atoms with Crippen LogP contribution in [0.25, 0.3) is 5.65 Å². The fourth-order valence-corrected chi connectivity index (χ4v) is 4.62. The number of alkyl halides is 1. The molecule has 3 aliphatic rings. The zero-order valence-electron chi connectivity index (χ0n) is 17.6. The van der Waals surface area contributed by atoms with E-state index in [0.29, 0.717) is 32.1 Å². The first-order valence-corrected chi connectivity index (χ1v) is 12.4. The van der Waals surface area contributed by atoms with Gasteiger partial charge in [0.15, 0.2) is 17.3 Å². The number of carbonyl (C=O) groups is 5. The highest BCUT2D eigenvalue weighted by molar-refractivity contribution is 9.10. The normalized spacial score (nSPS) is 19.1. The van der Waals surface area contributed by atoms with Gasteiger partial charge in [0.25, 0.3) is 0 Å². The van der Waals surface area contributed by atoms with Gasteiger partial charge in [0.1, 0.15) is 27.7 Å². The molecule has 0 aromatic carbocycles. The van der Waals surface area contributed by atoms with Crippen LogP contribution in [0.15, 0.2) is 22.8 Å². The number of hydrogen-bond donors (Lipinski definition) is 0. The van der Waals surface area contributed by atoms with E-state index in [1.54, 1.807) is 0 Å². The third kappa shape index (κ3) is 6.28. The van der Waals surface area contributed by atoms with E-state index < -0.39 is 4.83 Å². The lowest BCUT2D eigenvalue weighted by Gasteiger charge is -2.12. The zero-order chi connectivity index (χ0) is 23.3. The SMILES string of the molecule is O=C1CCCC(=O)C1.O=C1CCCC(=O)C1Br.O=C1CCCc2nc3ccc(Br)cn3c21. The highest BCUT2D eigenvalue weighted by Gasteiger charge is 2.26. The maximum atomic E-state index is 11.8. The molecule has 0 spiro atoms. The predicted octanol–water partition coefficient (Wildman–Crippen LogP) is 4.39. The first-order chi connectivity index (χ1) is 15.3. The highest BCUT2D eigenvalue weighted by Crippen LogP contribution is 2.23. The molecule has 0 unspecified atom stereocenters. The molecular formula is C23H24Br2N2O5. The van der Waals surface area contributed by atoms with Gasteiger partial charge in [-0.25, -0.2) is 4.98 Å². The molecular weight excluding hydrogens is 544 g/mol. The molecule has 9 heteroatoms. The van der Waals surface area contributed by atoms with Crippen molar-refractivity contribution >= 4 is 66.4 Å². The summed E-state index contributed by atoms with van der Waals surface area (Å²) in [5, 5.41) is 0. The van der Waals surface area contributed by atoms with Crippen molar-refractivity contribution in [1.82, 2.24) is 9.38 Å². The van der Waals surface area contributed by atoms with Gasteiger partial charge in [-0.05, 0) is 53.7 Å². The molecule has 0 atom stereocenters. The summed E-state index contributed by atoms with van der Waals surface area (Å²) in [5.74, 6) is 0.502. The third-order valence-electron chi connectivity index (χ3n) is 5.45. The lowest BCUT2D eigenvalue weighted by molar-refractivity contribution is -0.130. The molecule has 2 aromatic rings. The number of fused-ring (bicyclic) bond motifs is 3. The molecule has 0 aliphatic heterocycles. The number of aromatic nitrogens is 2. The number of rotatable bonds is 0. The standard InChI is InChI=1S/C11H9BrN2O.C6H7BrO2.C6H8O2/c12-7-4-5-10-13-8-2-1-3-9(15)11(8)14(10)6-7;7-6-4(8)2-1-3-5(6)9;7-5-2-1-3-6(8)4-5/h4-6H,1-3H2;6H,1-3H2;1-4H2. The van der Waals surface area contributed by atoms with Gasteiger partial charge in [0, 0.05) is 42.8 Å². The van der Waals surface area contributed by atoms with E-state index in [1.807, 2.05) is 22.7 Å². The van der Waals surface area contributed by atoms with Crippen LogP contribution >= 0.6 is 31.9 Å². The Kier molecular flexibility index (Phi) is 8.64. The average Bonchev–Trinajstić information content (AvgIpc) is 3.12. The van der Waals surface area contributed by atoms with Crippen LogP contribution in [-0.4, -0.2) is 43.1 Å². The Morgan fingerprint density at radius 1 is 0.812 bits per heavy atom. The van der Waals surface area contributed by atoms with E-state index in [1.165, 1.54) is 0 Å². The van der Waals surface area contributed by atoms with Gasteiger partial charge in [-0.1, -0.05) is 15.9 Å². The van der Waals surface area contributed by atoms with Crippen LogP contribution in [-0.2, 0) is 25.6 Å². The van der Waals surface area contributed by atoms with Gasteiger partial charge in [-0.3, -0.25) is 28.4 Å². The topological polar surface area (TPSA) is 103 Å². The van der Waals surface area contributed by atoms with Crippen molar-refractivity contribution in [2.75, 3.05) is 0 Å². The minimum Gasteiger partial charge on any atom is -0.299 e. The average molecular weight is 568 g/mol. The first-order valence-electron chi connectivity index (χ1n) is 10.7. The van der Waals surface area contributed by atoms with Crippen LogP contribution in [0.2, 0.25) is 0 Å². The van der Waals surface area contributed by atoms with Gasteiger partial charge in [0.2, 0.25) is 0 Å². The maximum absolute atomic E-state index is 11.8. The number of ketones is 5. The third-order valence-corrected chi connectivity index (χ3v) is 6.94. The Morgan fingerprint density at radius 2 is 1.41 bits per heavy atom. The molecule has 0 bridgehead atoms. The van der Waals surface area contributed by atoms with Gasteiger partial charge in [-0.2, -0.15) is 0 Å². The summed E-state index contributed by atoms with van der Waals surface area (Å²) in [6.45, 7) is 0. The maximum Gasteiger partial charge on any atom is 0.181 e. The van der Waals surface area contributed by atoms with Crippen molar-refractivity contribution in [3.05, 3.63) is 34.2 Å². The lowest BCUT2D eigenvalue weighted by Crippen LogP contribution is -2.28. The summed E-state index contributed by atoms with van der Waals surface area (Å²) < 4.78 is 2.86. The molecule has 2 fully saturated rings. The molecule has 0 N–H and O–H groups in total. The Hall–Kier alpha value is -2.00. The molecule has 2 saturated carbocycles. The lowest BCUT2D eigenvalue weighted by atomic mass is 9.98. The summed E-state index contributed by atoms with van der Waals surface area (Å²) in [6, 6.07) is 3.87. The monoisotopic (exact) mass is 566 g/mol. The van der Waals surface area contributed by atoms with E-state index in [4.69, 9.17) is 0 Å². The number of halogens is 2. The molecule has 7 nitrogen and oxygen atoms in total. The van der Waals surface area contributed by atoms with Crippen LogP contribution in [0.3, 0.4) is 0 Å². The number of imidazole rings is 1. The van der Waals surface area contributed by atoms with E-state index in [-0.39, 0.29) is 35.3 Å². The predicted molar refractivity (Wildman–Crippen MR) is 125 cm³/mol. The molecule has 0 radical (unpaired) electrons. The van der Waals surface area contributed by atoms with Crippen molar-refractivity contribution < 1.29 is 24.0 Å². The number of carbonyl (C=O) groups excluding carboxylic acids is 5. The number of nitrogens with zero attached hydrogens (tertiary/aromatic N) is 2. The minimum absolute atomic E-state index is 0.0336. The second-order valence-electron chi connectivity index (χ2n) is 8.02. The second kappa shape index (κ2) is 11.2. The second-order valence-corrected chi connectivity index (χ2v) is 9.85. The van der Waals surface area contributed by atoms with Crippen molar-refractivity contribution in [3.8, 4) is 0 Å². The van der Waals surface area contributed by atoms with E-state index in [2.05, 4.69) is 36.8 Å². The molecule has 32 heavy (non-hydrogen) atoms. The van der Waals surface area contributed by atoms with Gasteiger partial charge >= 0.3 is 0 Å². The number of hydrogen-bond acceptors (Lipinski definition) is 6. The number of Topliss-reactive ketones (excluding diaryl/α,β-unsaturated/α-hetero) is 5. The smallest absolute Gasteiger partial charge is 0.181 e. The summed E-state index contributed by atoms with van der Waals surface area (Å²) in [4.78, 5) is 58.1. The van der Waals surface area contributed by atoms with Crippen molar-refractivity contribution in [2.45, 2.75) is 69.0 Å². The van der Waals surface area contributed by atoms with Crippen molar-refractivity contribution in [3.63, 3.8) is 0 Å². The number of pyridine rings is 1. The number of aryl methyl sites for hydroxylation is 1. The fourth-order valence-electron chi connectivity index (χ4n) is 3.82. The van der Waals surface area contributed by atoms with E-state index in [0.717, 1.165) is 47.2 Å². The molecule has 5 rings (SSSR count). The summed E-state index contributed by atoms with van der Waals surface area (Å²) in [7, 11) is 0. The Labute approximate surface area is 202 Å². The van der Waals surface area contributed by atoms with Crippen molar-refractivity contribution in [2.24, 2.45) is 0 Å². The largest absolute Gasteiger partial charge is 0.299 e. The van der Waals surface area contributed by atoms with Gasteiger partial charge in [0.05, 0.1) is 12.1 Å². The molecule has 3 aliphatic carbocycles. The van der Waals surface area contributed by atoms with Crippen molar-refractivity contribution in [1.29, 1.82) is 0 Å². The van der Waals surface area contributed by atoms with Crippen LogP contribution in [0.4, 0.5) is 0 Å². The minimum atomic E-state index is -0.494. The van der Waals surface area contributed by atoms with Gasteiger partial charge in [-0.15, -0.1) is 0 Å². The van der Waals surface area contributed by atoms with E-state index in [9.17, 15) is 24.0 Å². The summed E-state index contributed by atoms with van der Waals surface area (Å²) in [5.41, 5.74) is 2.58. The molecule has 0 amide bonds.